The zero-order chi connectivity index (χ0) is 13.8. The second-order valence-electron chi connectivity index (χ2n) is 4.65. The second-order valence-corrected chi connectivity index (χ2v) is 4.65. The average Bonchev–Trinajstić information content (AvgIpc) is 2.70. The SMILES string of the molecule is CC(C)NC(=O)Nc1cnn(C)c1-c1ccccc1. The highest BCUT2D eigenvalue weighted by Gasteiger charge is 2.13. The fourth-order valence-electron chi connectivity index (χ4n) is 1.89. The van der Waals surface area contributed by atoms with Crippen molar-refractivity contribution >= 4 is 11.7 Å². The van der Waals surface area contributed by atoms with Crippen LogP contribution >= 0.6 is 0 Å². The number of aromatic nitrogens is 2. The van der Waals surface area contributed by atoms with Crippen molar-refractivity contribution < 1.29 is 4.79 Å². The van der Waals surface area contributed by atoms with Crippen molar-refractivity contribution in [2.75, 3.05) is 5.32 Å². The molecule has 2 N–H and O–H groups in total. The summed E-state index contributed by atoms with van der Waals surface area (Å²) in [5.74, 6) is 0. The number of benzene rings is 1. The number of rotatable bonds is 3. The van der Waals surface area contributed by atoms with Gasteiger partial charge in [-0.15, -0.1) is 0 Å². The third-order valence-electron chi connectivity index (χ3n) is 2.65. The molecule has 5 heteroatoms. The maximum absolute atomic E-state index is 11.8. The lowest BCUT2D eigenvalue weighted by Crippen LogP contribution is -2.34. The van der Waals surface area contributed by atoms with Crippen LogP contribution in [0.4, 0.5) is 10.5 Å². The topological polar surface area (TPSA) is 59.0 Å². The van der Waals surface area contributed by atoms with Crippen molar-refractivity contribution in [3.63, 3.8) is 0 Å². The first kappa shape index (κ1) is 13.1. The van der Waals surface area contributed by atoms with Gasteiger partial charge in [-0.2, -0.15) is 5.10 Å². The minimum Gasteiger partial charge on any atom is -0.336 e. The van der Waals surface area contributed by atoms with Crippen LogP contribution in [0.2, 0.25) is 0 Å². The molecule has 0 atom stereocenters. The summed E-state index contributed by atoms with van der Waals surface area (Å²) in [7, 11) is 1.86. The number of nitrogens with zero attached hydrogens (tertiary/aromatic N) is 2. The highest BCUT2D eigenvalue weighted by atomic mass is 16.2. The van der Waals surface area contributed by atoms with Gasteiger partial charge in [0.15, 0.2) is 0 Å². The summed E-state index contributed by atoms with van der Waals surface area (Å²) in [6.45, 7) is 3.84. The first-order chi connectivity index (χ1) is 9.08. The lowest BCUT2D eigenvalue weighted by molar-refractivity contribution is 0.250. The second kappa shape index (κ2) is 5.56. The molecule has 5 nitrogen and oxygen atoms in total. The van der Waals surface area contributed by atoms with Gasteiger partial charge in [0.25, 0.3) is 0 Å². The summed E-state index contributed by atoms with van der Waals surface area (Å²) < 4.78 is 1.75. The molecule has 100 valence electrons. The third kappa shape index (κ3) is 3.13. The van der Waals surface area contributed by atoms with Crippen LogP contribution in [0, 0.1) is 0 Å². The van der Waals surface area contributed by atoms with E-state index in [0.717, 1.165) is 11.3 Å². The van der Waals surface area contributed by atoms with E-state index in [2.05, 4.69) is 15.7 Å². The number of hydrogen-bond acceptors (Lipinski definition) is 2. The Bertz CT molecular complexity index is 560. The Morgan fingerprint density at radius 1 is 1.26 bits per heavy atom. The third-order valence-corrected chi connectivity index (χ3v) is 2.65. The fourth-order valence-corrected chi connectivity index (χ4v) is 1.89. The quantitative estimate of drug-likeness (QED) is 0.889. The Morgan fingerprint density at radius 3 is 2.58 bits per heavy atom. The zero-order valence-electron chi connectivity index (χ0n) is 11.3. The van der Waals surface area contributed by atoms with E-state index in [1.54, 1.807) is 10.9 Å². The largest absolute Gasteiger partial charge is 0.336 e. The number of anilines is 1. The summed E-state index contributed by atoms with van der Waals surface area (Å²) in [5, 5.41) is 9.82. The Hall–Kier alpha value is -2.30. The van der Waals surface area contributed by atoms with Gasteiger partial charge < -0.3 is 10.6 Å². The molecular weight excluding hydrogens is 240 g/mol. The first-order valence-corrected chi connectivity index (χ1v) is 6.23. The number of urea groups is 1. The number of amides is 2. The van der Waals surface area contributed by atoms with Crippen LogP contribution < -0.4 is 10.6 Å². The molecule has 0 spiro atoms. The van der Waals surface area contributed by atoms with E-state index in [1.807, 2.05) is 51.2 Å². The Morgan fingerprint density at radius 2 is 1.95 bits per heavy atom. The van der Waals surface area contributed by atoms with E-state index in [-0.39, 0.29) is 12.1 Å². The van der Waals surface area contributed by atoms with Gasteiger partial charge in [0, 0.05) is 18.7 Å². The molecule has 2 rings (SSSR count). The molecule has 1 aromatic heterocycles. The van der Waals surface area contributed by atoms with Gasteiger partial charge in [-0.3, -0.25) is 4.68 Å². The van der Waals surface area contributed by atoms with Crippen LogP contribution in [0.1, 0.15) is 13.8 Å². The molecule has 0 radical (unpaired) electrons. The Labute approximate surface area is 112 Å². The maximum Gasteiger partial charge on any atom is 0.319 e. The highest BCUT2D eigenvalue weighted by molar-refractivity contribution is 5.93. The molecular formula is C14H18N4O. The van der Waals surface area contributed by atoms with Gasteiger partial charge in [-0.25, -0.2) is 4.79 Å². The predicted molar refractivity (Wildman–Crippen MR) is 75.9 cm³/mol. The van der Waals surface area contributed by atoms with Gasteiger partial charge in [-0.05, 0) is 13.8 Å². The van der Waals surface area contributed by atoms with Gasteiger partial charge >= 0.3 is 6.03 Å². The van der Waals surface area contributed by atoms with Crippen LogP contribution in [-0.4, -0.2) is 21.9 Å². The van der Waals surface area contributed by atoms with Gasteiger partial charge in [0.1, 0.15) is 0 Å². The maximum atomic E-state index is 11.8. The summed E-state index contributed by atoms with van der Waals surface area (Å²) >= 11 is 0. The smallest absolute Gasteiger partial charge is 0.319 e. The van der Waals surface area contributed by atoms with Crippen molar-refractivity contribution in [1.82, 2.24) is 15.1 Å². The van der Waals surface area contributed by atoms with Crippen LogP contribution in [0.5, 0.6) is 0 Å². The van der Waals surface area contributed by atoms with Crippen molar-refractivity contribution in [2.24, 2.45) is 7.05 Å². The van der Waals surface area contributed by atoms with Crippen LogP contribution in [0.3, 0.4) is 0 Å². The Balaban J connectivity index is 2.26. The predicted octanol–water partition coefficient (Wildman–Crippen LogP) is 2.62. The molecule has 19 heavy (non-hydrogen) atoms. The Kier molecular flexibility index (Phi) is 3.85. The normalized spacial score (nSPS) is 10.5. The van der Waals surface area contributed by atoms with E-state index in [1.165, 1.54) is 0 Å². The van der Waals surface area contributed by atoms with Crippen LogP contribution in [0.15, 0.2) is 36.5 Å². The standard InChI is InChI=1S/C14H18N4O/c1-10(2)16-14(19)17-12-9-15-18(3)13(12)11-7-5-4-6-8-11/h4-10H,1-3H3,(H2,16,17,19). The van der Waals surface area contributed by atoms with Gasteiger partial charge in [0.2, 0.25) is 0 Å². The van der Waals surface area contributed by atoms with E-state index in [0.29, 0.717) is 5.69 Å². The fraction of sp³-hybridized carbons (Fsp3) is 0.286. The molecule has 0 aliphatic carbocycles. The summed E-state index contributed by atoms with van der Waals surface area (Å²) in [6.07, 6.45) is 1.65. The van der Waals surface area contributed by atoms with Gasteiger partial charge in [0.05, 0.1) is 17.6 Å². The zero-order valence-corrected chi connectivity index (χ0v) is 11.3. The van der Waals surface area contributed by atoms with Crippen molar-refractivity contribution in [3.05, 3.63) is 36.5 Å². The number of carbonyl (C=O) groups excluding carboxylic acids is 1. The van der Waals surface area contributed by atoms with Crippen molar-refractivity contribution in [1.29, 1.82) is 0 Å². The number of nitrogens with one attached hydrogen (secondary N) is 2. The van der Waals surface area contributed by atoms with Gasteiger partial charge in [-0.1, -0.05) is 30.3 Å². The number of aryl methyl sites for hydroxylation is 1. The molecule has 0 fully saturated rings. The molecule has 0 saturated heterocycles. The molecule has 2 aromatic rings. The van der Waals surface area contributed by atoms with Crippen LogP contribution in [-0.2, 0) is 7.05 Å². The summed E-state index contributed by atoms with van der Waals surface area (Å²) in [5.41, 5.74) is 2.61. The number of hydrogen-bond donors (Lipinski definition) is 2. The average molecular weight is 258 g/mol. The molecule has 1 aromatic carbocycles. The summed E-state index contributed by atoms with van der Waals surface area (Å²) in [4.78, 5) is 11.8. The van der Waals surface area contributed by atoms with Crippen LogP contribution in [0.25, 0.3) is 11.3 Å². The molecule has 0 bridgehead atoms. The molecule has 0 saturated carbocycles. The van der Waals surface area contributed by atoms with E-state index >= 15 is 0 Å². The van der Waals surface area contributed by atoms with E-state index in [9.17, 15) is 4.79 Å². The minimum absolute atomic E-state index is 0.0943. The molecule has 1 heterocycles. The summed E-state index contributed by atoms with van der Waals surface area (Å²) in [6, 6.07) is 9.72. The molecule has 0 aliphatic heterocycles. The molecule has 0 unspecified atom stereocenters. The van der Waals surface area contributed by atoms with E-state index < -0.39 is 0 Å². The molecule has 2 amide bonds. The van der Waals surface area contributed by atoms with Crippen molar-refractivity contribution in [2.45, 2.75) is 19.9 Å². The highest BCUT2D eigenvalue weighted by Crippen LogP contribution is 2.26. The lowest BCUT2D eigenvalue weighted by Gasteiger charge is -2.11. The van der Waals surface area contributed by atoms with E-state index in [4.69, 9.17) is 0 Å². The molecule has 0 aliphatic rings. The lowest BCUT2D eigenvalue weighted by atomic mass is 10.1. The monoisotopic (exact) mass is 258 g/mol. The number of carbonyl (C=O) groups is 1. The first-order valence-electron chi connectivity index (χ1n) is 6.23. The minimum atomic E-state index is -0.222. The van der Waals surface area contributed by atoms with Crippen molar-refractivity contribution in [3.8, 4) is 11.3 Å².